The summed E-state index contributed by atoms with van der Waals surface area (Å²) < 4.78 is 0. The van der Waals surface area contributed by atoms with Crippen LogP contribution in [0.25, 0.3) is 34.9 Å². The second-order valence-corrected chi connectivity index (χ2v) is 23.1. The van der Waals surface area contributed by atoms with Crippen LogP contribution >= 0.6 is 7.92 Å². The summed E-state index contributed by atoms with van der Waals surface area (Å²) >= 11 is 0. The van der Waals surface area contributed by atoms with E-state index in [0.717, 1.165) is 0 Å². The second-order valence-electron chi connectivity index (χ2n) is 20.9. The maximum absolute atomic E-state index is 2.41. The lowest BCUT2D eigenvalue weighted by molar-refractivity contribution is 0.639. The maximum Gasteiger partial charge on any atom is 0.0158 e. The zero-order valence-electron chi connectivity index (χ0n) is 41.0. The Kier molecular flexibility index (Phi) is 10.6. The molecule has 0 radical (unpaired) electrons. The number of fused-ring (bicyclic) bond motifs is 6. The Hall–Kier alpha value is -7.37. The minimum atomic E-state index is -0.940. The molecule has 0 heterocycles. The molecule has 1 heteroatoms. The van der Waals surface area contributed by atoms with E-state index in [0.29, 0.717) is 0 Å². The highest BCUT2D eigenvalue weighted by molar-refractivity contribution is 7.79. The predicted octanol–water partition coefficient (Wildman–Crippen LogP) is 16.1. The molecule has 9 aromatic carbocycles. The molecular formula is C69H57P. The van der Waals surface area contributed by atoms with Crippen molar-refractivity contribution in [3.63, 3.8) is 0 Å². The van der Waals surface area contributed by atoms with Crippen LogP contribution in [0.2, 0.25) is 0 Å². The van der Waals surface area contributed by atoms with Crippen LogP contribution in [0.15, 0.2) is 218 Å². The molecule has 0 aromatic heterocycles. The van der Waals surface area contributed by atoms with Gasteiger partial charge < -0.3 is 0 Å². The van der Waals surface area contributed by atoms with Crippen LogP contribution in [0.4, 0.5) is 0 Å². The van der Waals surface area contributed by atoms with Gasteiger partial charge in [0.2, 0.25) is 0 Å². The third-order valence-corrected chi connectivity index (χ3v) is 18.2. The first-order valence-electron chi connectivity index (χ1n) is 24.8. The standard InChI is InChI=1S/C69H57P/c1-67(2)61-25-13-7-19-49(61)43-58(55-22-10-16-28-64(55)67)46-31-37-52(38-32-46)70(53-39-33-47(34-40-53)59-44-50-20-8-14-26-62(50)68(3,4)65-29-17-11-23-56(59)65)54-41-35-48(36-42-54)60-45-51-21-9-15-27-63(51)69(5,6)66-30-18-12-24-57(60)66/h7-45H,1-6H3. The van der Waals surface area contributed by atoms with Crippen molar-refractivity contribution in [1.82, 2.24) is 0 Å². The molecule has 9 aromatic rings. The number of hydrogen-bond donors (Lipinski definition) is 0. The highest BCUT2D eigenvalue weighted by Gasteiger charge is 2.34. The van der Waals surface area contributed by atoms with Crippen molar-refractivity contribution in [3.8, 4) is 0 Å². The summed E-state index contributed by atoms with van der Waals surface area (Å²) in [6.07, 6.45) is 7.24. The minimum absolute atomic E-state index is 0.138. The van der Waals surface area contributed by atoms with Crippen LogP contribution < -0.4 is 15.9 Å². The van der Waals surface area contributed by atoms with Crippen LogP contribution in [0.3, 0.4) is 0 Å². The van der Waals surface area contributed by atoms with E-state index in [9.17, 15) is 0 Å². The molecule has 0 saturated carbocycles. The topological polar surface area (TPSA) is 0 Å². The Balaban J connectivity index is 0.981. The Morgan fingerprint density at radius 2 is 0.471 bits per heavy atom. The number of hydrogen-bond acceptors (Lipinski definition) is 0. The summed E-state index contributed by atoms with van der Waals surface area (Å²) in [5.74, 6) is 0. The lowest BCUT2D eigenvalue weighted by Crippen LogP contribution is -2.21. The van der Waals surface area contributed by atoms with Crippen molar-refractivity contribution in [2.75, 3.05) is 0 Å². The lowest BCUT2D eigenvalue weighted by Gasteiger charge is -2.28. The van der Waals surface area contributed by atoms with Crippen molar-refractivity contribution in [1.29, 1.82) is 0 Å². The van der Waals surface area contributed by atoms with E-state index in [1.165, 1.54) is 116 Å². The fourth-order valence-corrected chi connectivity index (χ4v) is 14.3. The van der Waals surface area contributed by atoms with Crippen LogP contribution in [-0.4, -0.2) is 0 Å². The summed E-state index contributed by atoms with van der Waals surface area (Å²) in [4.78, 5) is 0. The maximum atomic E-state index is 2.41. The first-order chi connectivity index (χ1) is 34.0. The van der Waals surface area contributed by atoms with Gasteiger partial charge in [-0.1, -0.05) is 260 Å². The van der Waals surface area contributed by atoms with E-state index in [1.807, 2.05) is 0 Å². The van der Waals surface area contributed by atoms with Gasteiger partial charge in [0.25, 0.3) is 0 Å². The zero-order valence-corrected chi connectivity index (χ0v) is 41.9. The Labute approximate surface area is 416 Å². The molecule has 338 valence electrons. The van der Waals surface area contributed by atoms with Crippen molar-refractivity contribution < 1.29 is 0 Å². The SMILES string of the molecule is CC1(C)c2ccccc2C=C(c2ccc(P(c3ccc(C4=Cc5ccccc5C(C)(C)c5ccccc54)cc3)c3ccc(C4=Cc5ccccc5C(C)(C)c5ccccc54)cc3)cc2)c2ccccc21. The van der Waals surface area contributed by atoms with Gasteiger partial charge in [0.05, 0.1) is 0 Å². The quantitative estimate of drug-likeness (QED) is 0.146. The Morgan fingerprint density at radius 1 is 0.243 bits per heavy atom. The largest absolute Gasteiger partial charge is 0.0619 e. The molecule has 0 aliphatic heterocycles. The van der Waals surface area contributed by atoms with E-state index < -0.39 is 7.92 Å². The summed E-state index contributed by atoms with van der Waals surface area (Å²) in [5, 5.41) is 3.98. The number of rotatable bonds is 6. The fourth-order valence-electron chi connectivity index (χ4n) is 12.0. The van der Waals surface area contributed by atoms with Gasteiger partial charge in [-0.3, -0.25) is 0 Å². The molecule has 12 rings (SSSR count). The van der Waals surface area contributed by atoms with Crippen molar-refractivity contribution in [2.45, 2.75) is 57.8 Å². The average molecular weight is 917 g/mol. The van der Waals surface area contributed by atoms with E-state index in [4.69, 9.17) is 0 Å². The molecule has 3 aliphatic carbocycles. The third kappa shape index (κ3) is 7.23. The first kappa shape index (κ1) is 43.9. The molecular weight excluding hydrogens is 860 g/mol. The van der Waals surface area contributed by atoms with E-state index in [1.54, 1.807) is 0 Å². The first-order valence-corrected chi connectivity index (χ1v) is 26.2. The summed E-state index contributed by atoms with van der Waals surface area (Å²) in [6.45, 7) is 14.2. The van der Waals surface area contributed by atoms with Crippen molar-refractivity contribution in [2.24, 2.45) is 0 Å². The van der Waals surface area contributed by atoms with Crippen LogP contribution in [0.5, 0.6) is 0 Å². The predicted molar refractivity (Wildman–Crippen MR) is 301 cm³/mol. The van der Waals surface area contributed by atoms with Gasteiger partial charge in [0.1, 0.15) is 0 Å². The fraction of sp³-hybridized carbons (Fsp3) is 0.130. The third-order valence-electron chi connectivity index (χ3n) is 15.8. The molecule has 0 atom stereocenters. The monoisotopic (exact) mass is 916 g/mol. The highest BCUT2D eigenvalue weighted by Crippen LogP contribution is 2.47. The van der Waals surface area contributed by atoms with Crippen molar-refractivity contribution in [3.05, 3.63) is 302 Å². The van der Waals surface area contributed by atoms with Crippen LogP contribution in [0, 0.1) is 0 Å². The van der Waals surface area contributed by atoms with Gasteiger partial charge in [0, 0.05) is 16.2 Å². The Bertz CT molecular complexity index is 3210. The minimum Gasteiger partial charge on any atom is -0.0619 e. The summed E-state index contributed by atoms with van der Waals surface area (Å²) in [6, 6.07) is 82.4. The summed E-state index contributed by atoms with van der Waals surface area (Å²) in [7, 11) is -0.940. The van der Waals surface area contributed by atoms with Crippen molar-refractivity contribution >= 4 is 58.8 Å². The molecule has 0 fully saturated rings. The lowest BCUT2D eigenvalue weighted by atomic mass is 9.75. The van der Waals surface area contributed by atoms with E-state index in [-0.39, 0.29) is 16.2 Å². The molecule has 0 N–H and O–H groups in total. The smallest absolute Gasteiger partial charge is 0.0158 e. The molecule has 0 spiro atoms. The van der Waals surface area contributed by atoms with Gasteiger partial charge >= 0.3 is 0 Å². The average Bonchev–Trinajstić information content (AvgIpc) is 3.62. The zero-order chi connectivity index (χ0) is 47.8. The highest BCUT2D eigenvalue weighted by atomic mass is 31.1. The van der Waals surface area contributed by atoms with E-state index >= 15 is 0 Å². The number of benzene rings is 9. The Morgan fingerprint density at radius 3 is 0.743 bits per heavy atom. The van der Waals surface area contributed by atoms with Crippen LogP contribution in [-0.2, 0) is 16.2 Å². The molecule has 0 unspecified atom stereocenters. The van der Waals surface area contributed by atoms with Gasteiger partial charge in [-0.15, -0.1) is 0 Å². The summed E-state index contributed by atoms with van der Waals surface area (Å²) in [5.41, 5.74) is 22.9. The van der Waals surface area contributed by atoms with Gasteiger partial charge in [-0.05, 0) is 142 Å². The van der Waals surface area contributed by atoms with Gasteiger partial charge in [-0.2, -0.15) is 0 Å². The molecule has 0 bridgehead atoms. The van der Waals surface area contributed by atoms with E-state index in [2.05, 4.69) is 278 Å². The van der Waals surface area contributed by atoms with Gasteiger partial charge in [0.15, 0.2) is 0 Å². The molecule has 3 aliphatic rings. The molecule has 0 amide bonds. The molecule has 0 nitrogen and oxygen atoms in total. The normalized spacial score (nSPS) is 15.7. The second kappa shape index (κ2) is 16.9. The molecule has 70 heavy (non-hydrogen) atoms. The van der Waals surface area contributed by atoms with Crippen LogP contribution in [0.1, 0.15) is 125 Å². The molecule has 0 saturated heterocycles. The van der Waals surface area contributed by atoms with Gasteiger partial charge in [-0.25, -0.2) is 0 Å².